The number of hydrogen-bond acceptors (Lipinski definition) is 3. The normalized spacial score (nSPS) is 13.8. The molecule has 1 atom stereocenters. The minimum absolute atomic E-state index is 0.254. The molecule has 0 amide bonds. The number of furan rings is 1. The van der Waals surface area contributed by atoms with Crippen LogP contribution in [0.2, 0.25) is 0 Å². The molecular weight excluding hydrogens is 254 g/mol. The summed E-state index contributed by atoms with van der Waals surface area (Å²) in [5.74, 6) is 2.26. The van der Waals surface area contributed by atoms with E-state index in [2.05, 4.69) is 31.1 Å². The van der Waals surface area contributed by atoms with Crippen LogP contribution in [0.5, 0.6) is 0 Å². The van der Waals surface area contributed by atoms with Crippen molar-refractivity contribution in [3.05, 3.63) is 24.2 Å². The van der Waals surface area contributed by atoms with Gasteiger partial charge in [-0.2, -0.15) is 12.6 Å². The summed E-state index contributed by atoms with van der Waals surface area (Å²) >= 11 is 10.3. The van der Waals surface area contributed by atoms with Crippen molar-refractivity contribution in [2.24, 2.45) is 10.9 Å². The van der Waals surface area contributed by atoms with Crippen molar-refractivity contribution >= 4 is 40.7 Å². The fraction of sp³-hybridized carbons (Fsp3) is 0.462. The van der Waals surface area contributed by atoms with Gasteiger partial charge in [0.25, 0.3) is 0 Å². The lowest BCUT2D eigenvalue weighted by molar-refractivity contribution is 0.518. The highest BCUT2D eigenvalue weighted by atomic mass is 35.5. The average Bonchev–Trinajstić information content (AvgIpc) is 2.71. The summed E-state index contributed by atoms with van der Waals surface area (Å²) in [6, 6.07) is 1.86. The number of allylic oxidation sites excluding steroid dienone is 1. The van der Waals surface area contributed by atoms with Crippen LogP contribution in [0.3, 0.4) is 0 Å². The fourth-order valence-corrected chi connectivity index (χ4v) is 1.69. The second kappa shape index (κ2) is 6.31. The molecule has 0 fully saturated rings. The first-order valence-electron chi connectivity index (χ1n) is 5.63. The Labute approximate surface area is 113 Å². The van der Waals surface area contributed by atoms with Crippen LogP contribution in [0.4, 0.5) is 5.69 Å². The highest BCUT2D eigenvalue weighted by molar-refractivity contribution is 7.79. The maximum atomic E-state index is 6.15. The summed E-state index contributed by atoms with van der Waals surface area (Å²) in [6.07, 6.45) is 0.960. The van der Waals surface area contributed by atoms with Gasteiger partial charge in [0.15, 0.2) is 5.76 Å². The number of hydrogen-bond donors (Lipinski definition) is 1. The third-order valence-electron chi connectivity index (χ3n) is 2.55. The van der Waals surface area contributed by atoms with Crippen molar-refractivity contribution in [2.45, 2.75) is 32.9 Å². The third-order valence-corrected chi connectivity index (χ3v) is 3.32. The Morgan fingerprint density at radius 1 is 1.65 bits per heavy atom. The molecule has 1 unspecified atom stereocenters. The van der Waals surface area contributed by atoms with E-state index >= 15 is 0 Å². The molecule has 0 bridgehead atoms. The first-order chi connectivity index (χ1) is 7.99. The first kappa shape index (κ1) is 14.4. The van der Waals surface area contributed by atoms with Gasteiger partial charge in [-0.1, -0.05) is 32.0 Å². The molecule has 17 heavy (non-hydrogen) atoms. The highest BCUT2D eigenvalue weighted by Crippen LogP contribution is 2.31. The Balaban J connectivity index is 3.12. The van der Waals surface area contributed by atoms with Crippen LogP contribution in [-0.2, 0) is 5.75 Å². The van der Waals surface area contributed by atoms with Gasteiger partial charge in [0.1, 0.15) is 16.6 Å². The molecule has 1 aromatic heterocycles. The van der Waals surface area contributed by atoms with Gasteiger partial charge in [-0.05, 0) is 18.9 Å². The van der Waals surface area contributed by atoms with E-state index in [0.717, 1.165) is 23.4 Å². The van der Waals surface area contributed by atoms with Crippen LogP contribution in [0.15, 0.2) is 22.1 Å². The van der Waals surface area contributed by atoms with Crippen LogP contribution in [0, 0.1) is 5.92 Å². The smallest absolute Gasteiger partial charge is 0.155 e. The molecule has 2 nitrogen and oxygen atoms in total. The maximum Gasteiger partial charge on any atom is 0.155 e. The largest absolute Gasteiger partial charge is 0.458 e. The van der Waals surface area contributed by atoms with Gasteiger partial charge in [-0.15, -0.1) is 0 Å². The molecule has 1 rings (SSSR count). The van der Waals surface area contributed by atoms with E-state index in [-0.39, 0.29) is 5.92 Å². The van der Waals surface area contributed by atoms with Gasteiger partial charge in [-0.3, -0.25) is 0 Å². The first-order valence-corrected chi connectivity index (χ1v) is 6.64. The Morgan fingerprint density at radius 2 is 2.29 bits per heavy atom. The molecule has 0 spiro atoms. The predicted molar refractivity (Wildman–Crippen MR) is 78.5 cm³/mol. The minimum Gasteiger partial charge on any atom is -0.458 e. The molecular formula is C13H18ClNOS. The van der Waals surface area contributed by atoms with E-state index < -0.39 is 0 Å². The quantitative estimate of drug-likeness (QED) is 0.588. The van der Waals surface area contributed by atoms with Gasteiger partial charge < -0.3 is 4.42 Å². The molecule has 0 aliphatic rings. The van der Waals surface area contributed by atoms with E-state index in [4.69, 9.17) is 16.0 Å². The van der Waals surface area contributed by atoms with Crippen LogP contribution in [-0.4, -0.2) is 5.17 Å². The van der Waals surface area contributed by atoms with E-state index in [9.17, 15) is 0 Å². The second-order valence-electron chi connectivity index (χ2n) is 4.11. The van der Waals surface area contributed by atoms with Crippen LogP contribution >= 0.6 is 24.2 Å². The molecule has 4 heteroatoms. The van der Waals surface area contributed by atoms with E-state index in [1.165, 1.54) is 0 Å². The third kappa shape index (κ3) is 3.65. The summed E-state index contributed by atoms with van der Waals surface area (Å²) in [4.78, 5) is 4.41. The fourth-order valence-electron chi connectivity index (χ4n) is 1.29. The average molecular weight is 272 g/mol. The number of thiol groups is 1. The van der Waals surface area contributed by atoms with Crippen molar-refractivity contribution in [3.8, 4) is 0 Å². The van der Waals surface area contributed by atoms with E-state index in [1.807, 2.05) is 19.9 Å². The lowest BCUT2D eigenvalue weighted by Crippen LogP contribution is -2.01. The molecule has 1 heterocycles. The number of rotatable bonds is 5. The van der Waals surface area contributed by atoms with Crippen LogP contribution in [0.25, 0.3) is 5.57 Å². The van der Waals surface area contributed by atoms with Crippen molar-refractivity contribution in [3.63, 3.8) is 0 Å². The van der Waals surface area contributed by atoms with E-state index in [0.29, 0.717) is 16.7 Å². The lowest BCUT2D eigenvalue weighted by atomic mass is 10.1. The molecule has 0 N–H and O–H groups in total. The summed E-state index contributed by atoms with van der Waals surface area (Å²) in [6.45, 7) is 9.89. The molecule has 0 saturated heterocycles. The summed E-state index contributed by atoms with van der Waals surface area (Å²) in [7, 11) is 0. The lowest BCUT2D eigenvalue weighted by Gasteiger charge is -2.05. The monoisotopic (exact) mass is 271 g/mol. The van der Waals surface area contributed by atoms with Gasteiger partial charge in [0.2, 0.25) is 0 Å². The minimum atomic E-state index is 0.254. The van der Waals surface area contributed by atoms with Gasteiger partial charge in [0.05, 0.1) is 0 Å². The van der Waals surface area contributed by atoms with Crippen molar-refractivity contribution in [2.75, 3.05) is 0 Å². The number of aliphatic imine (C=N–C) groups is 1. The summed E-state index contributed by atoms with van der Waals surface area (Å²) in [5, 5.41) is 0.599. The van der Waals surface area contributed by atoms with Crippen LogP contribution < -0.4 is 0 Å². The number of halogens is 1. The summed E-state index contributed by atoms with van der Waals surface area (Å²) in [5.41, 5.74) is 1.58. The SMILES string of the molecule is C=C(C)c1oc(CS)cc1N=C(Cl)C(C)CC. The summed E-state index contributed by atoms with van der Waals surface area (Å²) < 4.78 is 5.60. The Kier molecular flexibility index (Phi) is 5.34. The molecule has 0 radical (unpaired) electrons. The molecule has 0 aliphatic heterocycles. The zero-order valence-electron chi connectivity index (χ0n) is 10.5. The second-order valence-corrected chi connectivity index (χ2v) is 4.81. The molecule has 94 valence electrons. The highest BCUT2D eigenvalue weighted by Gasteiger charge is 2.13. The van der Waals surface area contributed by atoms with Gasteiger partial charge in [-0.25, -0.2) is 4.99 Å². The van der Waals surface area contributed by atoms with Gasteiger partial charge in [0, 0.05) is 17.7 Å². The van der Waals surface area contributed by atoms with E-state index in [1.54, 1.807) is 0 Å². The van der Waals surface area contributed by atoms with Crippen molar-refractivity contribution in [1.82, 2.24) is 0 Å². The standard InChI is InChI=1S/C13H18ClNOS/c1-5-9(4)13(14)15-11-6-10(7-17)16-12(11)8(2)3/h6,9,17H,2,5,7H2,1,3-4H3. The van der Waals surface area contributed by atoms with Crippen molar-refractivity contribution < 1.29 is 4.42 Å². The molecule has 0 aromatic carbocycles. The molecule has 0 aliphatic carbocycles. The van der Waals surface area contributed by atoms with Gasteiger partial charge >= 0.3 is 0 Å². The maximum absolute atomic E-state index is 6.15. The number of nitrogens with zero attached hydrogens (tertiary/aromatic N) is 1. The molecule has 1 aromatic rings. The van der Waals surface area contributed by atoms with Crippen LogP contribution in [0.1, 0.15) is 38.7 Å². The zero-order valence-corrected chi connectivity index (χ0v) is 12.1. The Hall–Kier alpha value is -0.670. The van der Waals surface area contributed by atoms with Crippen molar-refractivity contribution in [1.29, 1.82) is 0 Å². The Morgan fingerprint density at radius 3 is 2.76 bits per heavy atom. The topological polar surface area (TPSA) is 25.5 Å². The predicted octanol–water partition coefficient (Wildman–Crippen LogP) is 5.06. The molecule has 0 saturated carbocycles. The Bertz CT molecular complexity index is 437. The zero-order chi connectivity index (χ0) is 13.0.